The minimum Gasteiger partial charge on any atom is -0.379 e. The molecule has 1 aromatic rings. The molecule has 91 valence electrons. The summed E-state index contributed by atoms with van der Waals surface area (Å²) in [4.78, 5) is 10.5. The van der Waals surface area contributed by atoms with Gasteiger partial charge in [-0.2, -0.15) is 0 Å². The highest BCUT2D eigenvalue weighted by Gasteiger charge is 2.16. The fourth-order valence-electron chi connectivity index (χ4n) is 2.37. The smallest absolute Gasteiger partial charge is 0.292 e. The molecule has 0 saturated heterocycles. The van der Waals surface area contributed by atoms with Crippen LogP contribution >= 0.6 is 0 Å². The first kappa shape index (κ1) is 11.9. The fourth-order valence-corrected chi connectivity index (χ4v) is 2.37. The molecule has 0 amide bonds. The summed E-state index contributed by atoms with van der Waals surface area (Å²) in [5.41, 5.74) is 0.725. The number of nitro benzene ring substituents is 1. The van der Waals surface area contributed by atoms with Crippen LogP contribution in [-0.2, 0) is 0 Å². The molecule has 1 aliphatic carbocycles. The van der Waals surface area contributed by atoms with E-state index in [-0.39, 0.29) is 10.6 Å². The first-order valence-electron chi connectivity index (χ1n) is 6.16. The highest BCUT2D eigenvalue weighted by atomic mass is 16.6. The van der Waals surface area contributed by atoms with Crippen molar-refractivity contribution in [2.75, 3.05) is 11.9 Å². The summed E-state index contributed by atoms with van der Waals surface area (Å²) in [6, 6.07) is 7.59. The molecule has 2 rings (SSSR count). The van der Waals surface area contributed by atoms with E-state index in [4.69, 9.17) is 0 Å². The number of hydrogen-bond donors (Lipinski definition) is 1. The molecule has 0 aromatic heterocycles. The molecule has 1 N–H and O–H groups in total. The van der Waals surface area contributed by atoms with Gasteiger partial charge in [0.1, 0.15) is 5.69 Å². The Kier molecular flexibility index (Phi) is 3.96. The van der Waals surface area contributed by atoms with Crippen LogP contribution in [0.3, 0.4) is 0 Å². The van der Waals surface area contributed by atoms with E-state index in [1.165, 1.54) is 38.2 Å². The molecule has 1 fully saturated rings. The van der Waals surface area contributed by atoms with Crippen LogP contribution in [0.15, 0.2) is 18.2 Å². The van der Waals surface area contributed by atoms with Gasteiger partial charge in [0, 0.05) is 12.6 Å². The highest BCUT2D eigenvalue weighted by molar-refractivity contribution is 5.60. The van der Waals surface area contributed by atoms with Gasteiger partial charge in [0.15, 0.2) is 0 Å². The highest BCUT2D eigenvalue weighted by Crippen LogP contribution is 2.27. The van der Waals surface area contributed by atoms with Gasteiger partial charge in [-0.05, 0) is 30.9 Å². The Hall–Kier alpha value is -1.58. The minimum atomic E-state index is -0.361. The van der Waals surface area contributed by atoms with Gasteiger partial charge in [-0.15, -0.1) is 0 Å². The Morgan fingerprint density at radius 2 is 2.18 bits per heavy atom. The summed E-state index contributed by atoms with van der Waals surface area (Å²) >= 11 is 0. The normalized spacial score (nSPS) is 16.7. The molecule has 17 heavy (non-hydrogen) atoms. The van der Waals surface area contributed by atoms with E-state index in [9.17, 15) is 10.1 Å². The summed E-state index contributed by atoms with van der Waals surface area (Å²) in [7, 11) is 0. The maximum Gasteiger partial charge on any atom is 0.292 e. The molecule has 0 bridgehead atoms. The molecule has 1 radical (unpaired) electrons. The summed E-state index contributed by atoms with van der Waals surface area (Å²) in [5, 5.41) is 14.0. The standard InChI is InChI=1S/C13H17N2O2/c16-15(17)13-9-5-4-8-12(13)14-10-11-6-2-1-3-7-11/h4,8-9,11,14H,1-3,6-7,10H2. The van der Waals surface area contributed by atoms with Crippen molar-refractivity contribution in [2.45, 2.75) is 32.1 Å². The van der Waals surface area contributed by atoms with Crippen molar-refractivity contribution in [3.8, 4) is 0 Å². The molecule has 0 aliphatic heterocycles. The van der Waals surface area contributed by atoms with Crippen LogP contribution in [0.1, 0.15) is 32.1 Å². The topological polar surface area (TPSA) is 55.2 Å². The Balaban J connectivity index is 1.96. The number of rotatable bonds is 4. The van der Waals surface area contributed by atoms with Gasteiger partial charge in [0.05, 0.1) is 4.92 Å². The van der Waals surface area contributed by atoms with Crippen LogP contribution in [0.4, 0.5) is 11.4 Å². The number of hydrogen-bond acceptors (Lipinski definition) is 3. The molecule has 4 nitrogen and oxygen atoms in total. The van der Waals surface area contributed by atoms with Crippen molar-refractivity contribution in [3.05, 3.63) is 34.4 Å². The molecular formula is C13H17N2O2. The summed E-state index contributed by atoms with van der Waals surface area (Å²) in [5.74, 6) is 0.660. The molecule has 1 aromatic carbocycles. The Morgan fingerprint density at radius 1 is 1.41 bits per heavy atom. The van der Waals surface area contributed by atoms with E-state index in [0.29, 0.717) is 11.6 Å². The molecular weight excluding hydrogens is 216 g/mol. The minimum absolute atomic E-state index is 0.114. The Labute approximate surface area is 101 Å². The summed E-state index contributed by atoms with van der Waals surface area (Å²) in [6.45, 7) is 0.838. The van der Waals surface area contributed by atoms with Crippen molar-refractivity contribution in [3.63, 3.8) is 0 Å². The van der Waals surface area contributed by atoms with Gasteiger partial charge in [-0.3, -0.25) is 10.1 Å². The molecule has 4 heteroatoms. The van der Waals surface area contributed by atoms with E-state index < -0.39 is 0 Å². The maximum atomic E-state index is 10.8. The molecule has 1 saturated carbocycles. The molecule has 0 heterocycles. The lowest BCUT2D eigenvalue weighted by Crippen LogP contribution is -2.17. The van der Waals surface area contributed by atoms with Crippen molar-refractivity contribution in [2.24, 2.45) is 5.92 Å². The summed E-state index contributed by atoms with van der Waals surface area (Å²) in [6.07, 6.45) is 6.38. The van der Waals surface area contributed by atoms with Crippen LogP contribution in [0, 0.1) is 22.1 Å². The largest absolute Gasteiger partial charge is 0.379 e. The van der Waals surface area contributed by atoms with E-state index in [0.717, 1.165) is 6.54 Å². The number of benzene rings is 1. The van der Waals surface area contributed by atoms with E-state index in [1.54, 1.807) is 12.1 Å². The lowest BCUT2D eigenvalue weighted by atomic mass is 9.89. The molecule has 1 aliphatic rings. The van der Waals surface area contributed by atoms with Gasteiger partial charge < -0.3 is 5.32 Å². The zero-order chi connectivity index (χ0) is 12.1. The van der Waals surface area contributed by atoms with E-state index >= 15 is 0 Å². The lowest BCUT2D eigenvalue weighted by Gasteiger charge is -2.22. The van der Waals surface area contributed by atoms with Crippen LogP contribution in [0.2, 0.25) is 0 Å². The SMILES string of the molecule is O=[N+]([O-])c1c[c]ccc1NCC1CCCCC1. The van der Waals surface area contributed by atoms with E-state index in [1.807, 2.05) is 0 Å². The average Bonchev–Trinajstić information content (AvgIpc) is 2.38. The van der Waals surface area contributed by atoms with E-state index in [2.05, 4.69) is 11.4 Å². The molecule has 0 atom stereocenters. The van der Waals surface area contributed by atoms with Crippen molar-refractivity contribution in [1.29, 1.82) is 0 Å². The number of nitro groups is 1. The van der Waals surface area contributed by atoms with Crippen LogP contribution in [-0.4, -0.2) is 11.5 Å². The quantitative estimate of drug-likeness (QED) is 0.640. The van der Waals surface area contributed by atoms with Crippen molar-refractivity contribution in [1.82, 2.24) is 0 Å². The zero-order valence-electron chi connectivity index (χ0n) is 9.82. The second-order valence-electron chi connectivity index (χ2n) is 4.59. The van der Waals surface area contributed by atoms with Gasteiger partial charge in [0.25, 0.3) is 5.69 Å². The monoisotopic (exact) mass is 233 g/mol. The van der Waals surface area contributed by atoms with Gasteiger partial charge in [0.2, 0.25) is 0 Å². The number of anilines is 1. The predicted molar refractivity (Wildman–Crippen MR) is 67.0 cm³/mol. The van der Waals surface area contributed by atoms with Crippen LogP contribution in [0.5, 0.6) is 0 Å². The lowest BCUT2D eigenvalue weighted by molar-refractivity contribution is -0.384. The third kappa shape index (κ3) is 3.19. The third-order valence-corrected chi connectivity index (χ3v) is 3.34. The second-order valence-corrected chi connectivity index (χ2v) is 4.59. The van der Waals surface area contributed by atoms with Crippen molar-refractivity contribution < 1.29 is 4.92 Å². The van der Waals surface area contributed by atoms with Crippen LogP contribution in [0.25, 0.3) is 0 Å². The van der Waals surface area contributed by atoms with Gasteiger partial charge in [-0.1, -0.05) is 25.3 Å². The average molecular weight is 233 g/mol. The molecule has 0 spiro atoms. The maximum absolute atomic E-state index is 10.8. The Morgan fingerprint density at radius 3 is 2.88 bits per heavy atom. The van der Waals surface area contributed by atoms with Gasteiger partial charge in [-0.25, -0.2) is 0 Å². The first-order valence-corrected chi connectivity index (χ1v) is 6.16. The van der Waals surface area contributed by atoms with Crippen molar-refractivity contribution >= 4 is 11.4 Å². The first-order chi connectivity index (χ1) is 8.27. The van der Waals surface area contributed by atoms with Crippen LogP contribution < -0.4 is 5.32 Å². The van der Waals surface area contributed by atoms with Gasteiger partial charge >= 0.3 is 0 Å². The predicted octanol–water partition coefficient (Wildman–Crippen LogP) is 3.39. The second kappa shape index (κ2) is 5.66. The number of nitrogens with zero attached hydrogens (tertiary/aromatic N) is 1. The molecule has 0 unspecified atom stereocenters. The zero-order valence-corrected chi connectivity index (χ0v) is 9.82. The third-order valence-electron chi connectivity index (χ3n) is 3.34. The Bertz CT molecular complexity index is 387. The number of nitrogens with one attached hydrogen (secondary N) is 1. The fraction of sp³-hybridized carbons (Fsp3) is 0.538. The summed E-state index contributed by atoms with van der Waals surface area (Å²) < 4.78 is 0.